The van der Waals surface area contributed by atoms with Gasteiger partial charge in [0, 0.05) is 24.7 Å². The summed E-state index contributed by atoms with van der Waals surface area (Å²) in [5.74, 6) is 1.36. The first kappa shape index (κ1) is 18.1. The lowest BCUT2D eigenvalue weighted by Gasteiger charge is -2.15. The number of methoxy groups -OCH3 is 2. The Morgan fingerprint density at radius 3 is 2.39 bits per heavy atom. The topological polar surface area (TPSA) is 56.6 Å². The lowest BCUT2D eigenvalue weighted by molar-refractivity contribution is 0.0784. The molecule has 0 radical (unpaired) electrons. The molecule has 2 heterocycles. The Morgan fingerprint density at radius 1 is 0.964 bits per heavy atom. The van der Waals surface area contributed by atoms with E-state index in [4.69, 9.17) is 14.6 Å². The third kappa shape index (κ3) is 3.33. The van der Waals surface area contributed by atoms with E-state index in [-0.39, 0.29) is 5.91 Å². The first-order valence-electron chi connectivity index (χ1n) is 9.38. The molecule has 6 heteroatoms. The molecule has 0 unspecified atom stereocenters. The summed E-state index contributed by atoms with van der Waals surface area (Å²) < 4.78 is 12.5. The van der Waals surface area contributed by atoms with E-state index in [1.165, 1.54) is 0 Å². The van der Waals surface area contributed by atoms with E-state index in [0.29, 0.717) is 22.9 Å². The van der Waals surface area contributed by atoms with Crippen molar-refractivity contribution in [2.24, 2.45) is 0 Å². The third-order valence-corrected chi connectivity index (χ3v) is 5.01. The van der Waals surface area contributed by atoms with Crippen LogP contribution in [0.2, 0.25) is 0 Å². The predicted octanol–water partition coefficient (Wildman–Crippen LogP) is 3.79. The fourth-order valence-electron chi connectivity index (χ4n) is 3.52. The lowest BCUT2D eigenvalue weighted by atomic mass is 10.1. The number of carbonyl (C=O) groups excluding carboxylic acids is 1. The van der Waals surface area contributed by atoms with Crippen molar-refractivity contribution < 1.29 is 14.3 Å². The molecule has 3 aromatic rings. The van der Waals surface area contributed by atoms with Crippen LogP contribution in [0.3, 0.4) is 0 Å². The Morgan fingerprint density at radius 2 is 1.71 bits per heavy atom. The van der Waals surface area contributed by atoms with Crippen molar-refractivity contribution in [3.05, 3.63) is 60.3 Å². The summed E-state index contributed by atoms with van der Waals surface area (Å²) in [5.41, 5.74) is 2.91. The minimum atomic E-state index is 0.00702. The van der Waals surface area contributed by atoms with E-state index in [2.05, 4.69) is 0 Å². The van der Waals surface area contributed by atoms with Gasteiger partial charge in [0.05, 0.1) is 25.6 Å². The number of aromatic nitrogens is 2. The molecule has 0 aliphatic carbocycles. The van der Waals surface area contributed by atoms with Crippen molar-refractivity contribution in [1.29, 1.82) is 0 Å². The smallest absolute Gasteiger partial charge is 0.272 e. The Labute approximate surface area is 164 Å². The largest absolute Gasteiger partial charge is 0.497 e. The quantitative estimate of drug-likeness (QED) is 0.679. The monoisotopic (exact) mass is 377 g/mol. The van der Waals surface area contributed by atoms with Gasteiger partial charge in [-0.2, -0.15) is 5.10 Å². The second-order valence-electron chi connectivity index (χ2n) is 6.73. The normalized spacial score (nSPS) is 13.6. The van der Waals surface area contributed by atoms with Crippen molar-refractivity contribution >= 4 is 5.91 Å². The van der Waals surface area contributed by atoms with Gasteiger partial charge >= 0.3 is 0 Å². The van der Waals surface area contributed by atoms with Gasteiger partial charge in [-0.1, -0.05) is 18.2 Å². The summed E-state index contributed by atoms with van der Waals surface area (Å²) in [5, 5.41) is 4.76. The molecule has 1 amide bonds. The predicted molar refractivity (Wildman–Crippen MR) is 107 cm³/mol. The van der Waals surface area contributed by atoms with Crippen LogP contribution in [0.1, 0.15) is 23.3 Å². The van der Waals surface area contributed by atoms with Crippen LogP contribution in [-0.2, 0) is 0 Å². The molecule has 144 valence electrons. The van der Waals surface area contributed by atoms with Crippen LogP contribution in [0.4, 0.5) is 0 Å². The highest BCUT2D eigenvalue weighted by Crippen LogP contribution is 2.33. The van der Waals surface area contributed by atoms with Crippen LogP contribution < -0.4 is 9.47 Å². The molecule has 1 fully saturated rings. The molecule has 1 aromatic heterocycles. The molecule has 0 saturated carbocycles. The molecule has 4 rings (SSSR count). The van der Waals surface area contributed by atoms with Gasteiger partial charge in [-0.25, -0.2) is 4.68 Å². The summed E-state index contributed by atoms with van der Waals surface area (Å²) in [7, 11) is 3.23. The minimum absolute atomic E-state index is 0.00702. The zero-order valence-corrected chi connectivity index (χ0v) is 16.1. The van der Waals surface area contributed by atoms with Gasteiger partial charge in [0.1, 0.15) is 17.2 Å². The molecule has 1 aliphatic heterocycles. The Bertz CT molecular complexity index is 976. The van der Waals surface area contributed by atoms with Crippen molar-refractivity contribution in [1.82, 2.24) is 14.7 Å². The highest BCUT2D eigenvalue weighted by molar-refractivity contribution is 5.94. The van der Waals surface area contributed by atoms with E-state index in [1.807, 2.05) is 59.5 Å². The number of carbonyl (C=O) groups is 1. The van der Waals surface area contributed by atoms with Gasteiger partial charge in [-0.3, -0.25) is 4.79 Å². The van der Waals surface area contributed by atoms with Crippen molar-refractivity contribution in [2.75, 3.05) is 27.3 Å². The number of rotatable bonds is 5. The number of amides is 1. The summed E-state index contributed by atoms with van der Waals surface area (Å²) in [6, 6.07) is 17.1. The molecule has 1 aliphatic rings. The van der Waals surface area contributed by atoms with Gasteiger partial charge in [0.15, 0.2) is 0 Å². The SMILES string of the molecule is COc1ccc(-c2cc(C(=O)N3CCCC3)n(-c3ccccc3)n2)c(OC)c1. The summed E-state index contributed by atoms with van der Waals surface area (Å²) >= 11 is 0. The molecule has 0 N–H and O–H groups in total. The summed E-state index contributed by atoms with van der Waals surface area (Å²) in [6.45, 7) is 1.58. The third-order valence-electron chi connectivity index (χ3n) is 5.01. The maximum absolute atomic E-state index is 13.2. The fourth-order valence-corrected chi connectivity index (χ4v) is 3.52. The molecule has 1 saturated heterocycles. The van der Waals surface area contributed by atoms with E-state index in [9.17, 15) is 4.79 Å². The summed E-state index contributed by atoms with van der Waals surface area (Å²) in [4.78, 5) is 15.0. The highest BCUT2D eigenvalue weighted by Gasteiger charge is 2.25. The zero-order valence-electron chi connectivity index (χ0n) is 16.1. The van der Waals surface area contributed by atoms with Crippen LogP contribution in [-0.4, -0.2) is 47.9 Å². The second-order valence-corrected chi connectivity index (χ2v) is 6.73. The van der Waals surface area contributed by atoms with Crippen LogP contribution in [0, 0.1) is 0 Å². The van der Waals surface area contributed by atoms with E-state index < -0.39 is 0 Å². The lowest BCUT2D eigenvalue weighted by Crippen LogP contribution is -2.29. The zero-order chi connectivity index (χ0) is 19.5. The first-order valence-corrected chi connectivity index (χ1v) is 9.38. The second kappa shape index (κ2) is 7.76. The number of ether oxygens (including phenoxy) is 2. The molecule has 0 bridgehead atoms. The van der Waals surface area contributed by atoms with Crippen LogP contribution >= 0.6 is 0 Å². The number of likely N-dealkylation sites (tertiary alicyclic amines) is 1. The van der Waals surface area contributed by atoms with Crippen LogP contribution in [0.15, 0.2) is 54.6 Å². The first-order chi connectivity index (χ1) is 13.7. The minimum Gasteiger partial charge on any atom is -0.497 e. The molecular weight excluding hydrogens is 354 g/mol. The molecule has 6 nitrogen and oxygen atoms in total. The van der Waals surface area contributed by atoms with Crippen molar-refractivity contribution in [2.45, 2.75) is 12.8 Å². The number of para-hydroxylation sites is 1. The molecule has 28 heavy (non-hydrogen) atoms. The van der Waals surface area contributed by atoms with Crippen LogP contribution in [0.5, 0.6) is 11.5 Å². The number of hydrogen-bond acceptors (Lipinski definition) is 4. The van der Waals surface area contributed by atoms with Gasteiger partial charge in [-0.15, -0.1) is 0 Å². The van der Waals surface area contributed by atoms with Gasteiger partial charge in [-0.05, 0) is 43.2 Å². The molecular formula is C22H23N3O3. The molecule has 2 aromatic carbocycles. The molecule has 0 spiro atoms. The Balaban J connectivity index is 1.83. The van der Waals surface area contributed by atoms with Gasteiger partial charge in [0.25, 0.3) is 5.91 Å². The Hall–Kier alpha value is -3.28. The maximum atomic E-state index is 13.2. The van der Waals surface area contributed by atoms with Gasteiger partial charge < -0.3 is 14.4 Å². The van der Waals surface area contributed by atoms with Crippen molar-refractivity contribution in [3.63, 3.8) is 0 Å². The molecule has 0 atom stereocenters. The number of hydrogen-bond donors (Lipinski definition) is 0. The van der Waals surface area contributed by atoms with Crippen LogP contribution in [0.25, 0.3) is 16.9 Å². The average molecular weight is 377 g/mol. The fraction of sp³-hybridized carbons (Fsp3) is 0.273. The highest BCUT2D eigenvalue weighted by atomic mass is 16.5. The van der Waals surface area contributed by atoms with Crippen molar-refractivity contribution in [3.8, 4) is 28.4 Å². The van der Waals surface area contributed by atoms with E-state index in [0.717, 1.165) is 37.2 Å². The van der Waals surface area contributed by atoms with E-state index >= 15 is 0 Å². The van der Waals surface area contributed by atoms with E-state index in [1.54, 1.807) is 18.9 Å². The standard InChI is InChI=1S/C22H23N3O3/c1-27-17-10-11-18(21(14-17)28-2)19-15-20(22(26)24-12-6-7-13-24)25(23-19)16-8-4-3-5-9-16/h3-5,8-11,14-15H,6-7,12-13H2,1-2H3. The Kier molecular flexibility index (Phi) is 5.02. The maximum Gasteiger partial charge on any atom is 0.272 e. The number of nitrogens with zero attached hydrogens (tertiary/aromatic N) is 3. The van der Waals surface area contributed by atoms with Gasteiger partial charge in [0.2, 0.25) is 0 Å². The average Bonchev–Trinajstić information content (AvgIpc) is 3.44. The summed E-state index contributed by atoms with van der Waals surface area (Å²) in [6.07, 6.45) is 2.09. The number of benzene rings is 2.